The summed E-state index contributed by atoms with van der Waals surface area (Å²) in [5, 5.41) is 0. The molecule has 0 spiro atoms. The third kappa shape index (κ3) is 3.19. The van der Waals surface area contributed by atoms with Gasteiger partial charge < -0.3 is 0 Å². The Hall–Kier alpha value is -1.20. The van der Waals surface area contributed by atoms with Crippen molar-refractivity contribution in [2.75, 3.05) is 0 Å². The van der Waals surface area contributed by atoms with Gasteiger partial charge in [-0.2, -0.15) is 0 Å². The summed E-state index contributed by atoms with van der Waals surface area (Å²) in [6.07, 6.45) is 0.753. The third-order valence-electron chi connectivity index (χ3n) is 2.97. The minimum Gasteiger partial charge on any atom is -0.296 e. The number of carbonyl (C=O) groups excluding carboxylic acids is 1. The van der Waals surface area contributed by atoms with Crippen LogP contribution in [0, 0.1) is 0 Å². The van der Waals surface area contributed by atoms with Crippen LogP contribution in [0.4, 0.5) is 0 Å². The molecule has 0 radical (unpaired) electrons. The first-order valence-corrected chi connectivity index (χ1v) is 8.49. The van der Waals surface area contributed by atoms with E-state index < -0.39 is 0 Å². The SMILES string of the molecule is O=Cc1cccc(C(c2ccc(Cl)s2)c2ccc(Cl)s2)n1. The lowest BCUT2D eigenvalue weighted by Crippen LogP contribution is -2.03. The summed E-state index contributed by atoms with van der Waals surface area (Å²) in [6.45, 7) is 0. The Morgan fingerprint density at radius 1 is 0.952 bits per heavy atom. The van der Waals surface area contributed by atoms with Gasteiger partial charge in [-0.3, -0.25) is 4.79 Å². The monoisotopic (exact) mass is 353 g/mol. The molecule has 0 aliphatic rings. The van der Waals surface area contributed by atoms with Crippen LogP contribution >= 0.6 is 45.9 Å². The van der Waals surface area contributed by atoms with Crippen LogP contribution in [0.2, 0.25) is 8.67 Å². The van der Waals surface area contributed by atoms with Crippen molar-refractivity contribution in [3.05, 3.63) is 72.3 Å². The molecule has 2 nitrogen and oxygen atoms in total. The standard InChI is InChI=1S/C15H9Cl2NOS2/c16-13-6-4-11(20-13)15(12-5-7-14(17)21-12)10-3-1-2-9(8-19)18-10/h1-8,15H. The molecule has 0 aliphatic carbocycles. The molecule has 0 aromatic carbocycles. The topological polar surface area (TPSA) is 30.0 Å². The predicted octanol–water partition coefficient (Wildman–Crippen LogP) is 5.50. The van der Waals surface area contributed by atoms with Gasteiger partial charge in [0, 0.05) is 9.75 Å². The van der Waals surface area contributed by atoms with Crippen LogP contribution in [0.15, 0.2) is 42.5 Å². The number of pyridine rings is 1. The van der Waals surface area contributed by atoms with Gasteiger partial charge in [0.25, 0.3) is 0 Å². The molecule has 0 amide bonds. The number of hydrogen-bond donors (Lipinski definition) is 0. The van der Waals surface area contributed by atoms with E-state index in [0.29, 0.717) is 5.69 Å². The van der Waals surface area contributed by atoms with Crippen molar-refractivity contribution >= 4 is 52.2 Å². The molecule has 0 fully saturated rings. The van der Waals surface area contributed by atoms with E-state index in [0.717, 1.165) is 30.4 Å². The highest BCUT2D eigenvalue weighted by Crippen LogP contribution is 2.40. The maximum Gasteiger partial charge on any atom is 0.168 e. The number of aromatic nitrogens is 1. The molecule has 3 aromatic heterocycles. The van der Waals surface area contributed by atoms with Gasteiger partial charge in [-0.15, -0.1) is 22.7 Å². The molecule has 21 heavy (non-hydrogen) atoms. The normalized spacial score (nSPS) is 11.0. The van der Waals surface area contributed by atoms with E-state index in [9.17, 15) is 4.79 Å². The molecule has 0 atom stereocenters. The van der Waals surface area contributed by atoms with Crippen LogP contribution < -0.4 is 0 Å². The van der Waals surface area contributed by atoms with Crippen LogP contribution in [-0.4, -0.2) is 11.3 Å². The zero-order valence-electron chi connectivity index (χ0n) is 10.6. The van der Waals surface area contributed by atoms with Crippen molar-refractivity contribution in [2.45, 2.75) is 5.92 Å². The number of carbonyl (C=O) groups is 1. The van der Waals surface area contributed by atoms with E-state index in [-0.39, 0.29) is 5.92 Å². The van der Waals surface area contributed by atoms with Crippen molar-refractivity contribution in [2.24, 2.45) is 0 Å². The van der Waals surface area contributed by atoms with E-state index >= 15 is 0 Å². The van der Waals surface area contributed by atoms with E-state index in [2.05, 4.69) is 4.98 Å². The lowest BCUT2D eigenvalue weighted by atomic mass is 10.0. The van der Waals surface area contributed by atoms with Crippen molar-refractivity contribution in [1.82, 2.24) is 4.98 Å². The van der Waals surface area contributed by atoms with Crippen molar-refractivity contribution in [3.8, 4) is 0 Å². The molecule has 0 unspecified atom stereocenters. The summed E-state index contributed by atoms with van der Waals surface area (Å²) in [5.41, 5.74) is 1.24. The first-order valence-electron chi connectivity index (χ1n) is 6.10. The van der Waals surface area contributed by atoms with Crippen molar-refractivity contribution in [3.63, 3.8) is 0 Å². The fourth-order valence-electron chi connectivity index (χ4n) is 2.09. The highest BCUT2D eigenvalue weighted by Gasteiger charge is 2.22. The minimum absolute atomic E-state index is 0.0556. The lowest BCUT2D eigenvalue weighted by Gasteiger charge is -2.13. The van der Waals surface area contributed by atoms with Gasteiger partial charge in [0.05, 0.1) is 20.3 Å². The predicted molar refractivity (Wildman–Crippen MR) is 89.2 cm³/mol. The molecular weight excluding hydrogens is 345 g/mol. The van der Waals surface area contributed by atoms with E-state index in [1.165, 1.54) is 22.7 Å². The zero-order valence-corrected chi connectivity index (χ0v) is 13.8. The van der Waals surface area contributed by atoms with Crippen LogP contribution in [0.1, 0.15) is 31.9 Å². The molecule has 3 aromatic rings. The zero-order chi connectivity index (χ0) is 14.8. The summed E-state index contributed by atoms with van der Waals surface area (Å²) in [5.74, 6) is -0.0556. The second-order valence-corrected chi connectivity index (χ2v) is 7.82. The Balaban J connectivity index is 2.13. The number of nitrogens with zero attached hydrogens (tertiary/aromatic N) is 1. The van der Waals surface area contributed by atoms with E-state index in [1.807, 2.05) is 36.4 Å². The molecule has 6 heteroatoms. The van der Waals surface area contributed by atoms with Gasteiger partial charge in [0.15, 0.2) is 6.29 Å². The number of thiophene rings is 2. The van der Waals surface area contributed by atoms with Gasteiger partial charge in [-0.1, -0.05) is 29.3 Å². The van der Waals surface area contributed by atoms with E-state index in [1.54, 1.807) is 6.07 Å². The number of hydrogen-bond acceptors (Lipinski definition) is 4. The lowest BCUT2D eigenvalue weighted by molar-refractivity contribution is 0.111. The number of rotatable bonds is 4. The van der Waals surface area contributed by atoms with Crippen LogP contribution in [0.3, 0.4) is 0 Å². The molecule has 3 heterocycles. The Morgan fingerprint density at radius 2 is 1.57 bits per heavy atom. The largest absolute Gasteiger partial charge is 0.296 e. The molecule has 0 saturated heterocycles. The first-order chi connectivity index (χ1) is 10.2. The van der Waals surface area contributed by atoms with E-state index in [4.69, 9.17) is 23.2 Å². The summed E-state index contributed by atoms with van der Waals surface area (Å²) in [4.78, 5) is 17.5. The highest BCUT2D eigenvalue weighted by atomic mass is 35.5. The Morgan fingerprint density at radius 3 is 2.05 bits per heavy atom. The molecule has 0 saturated carbocycles. The average Bonchev–Trinajstić information content (AvgIpc) is 3.09. The smallest absolute Gasteiger partial charge is 0.168 e. The Bertz CT molecular complexity index is 741. The second-order valence-electron chi connectivity index (χ2n) is 4.32. The van der Waals surface area contributed by atoms with Crippen LogP contribution in [0.5, 0.6) is 0 Å². The molecular formula is C15H9Cl2NOS2. The quantitative estimate of drug-likeness (QED) is 0.579. The fraction of sp³-hybridized carbons (Fsp3) is 0.0667. The van der Waals surface area contributed by atoms with Gasteiger partial charge >= 0.3 is 0 Å². The average molecular weight is 354 g/mol. The fourth-order valence-corrected chi connectivity index (χ4v) is 4.55. The molecule has 0 bridgehead atoms. The summed E-state index contributed by atoms with van der Waals surface area (Å²) in [7, 11) is 0. The molecule has 0 aliphatic heterocycles. The van der Waals surface area contributed by atoms with Gasteiger partial charge in [-0.25, -0.2) is 4.98 Å². The maximum atomic E-state index is 11.0. The number of aldehydes is 1. The molecule has 3 rings (SSSR count). The number of halogens is 2. The summed E-state index contributed by atoms with van der Waals surface area (Å²) in [6, 6.07) is 13.2. The Labute approximate surface area is 140 Å². The molecule has 0 N–H and O–H groups in total. The van der Waals surface area contributed by atoms with Crippen molar-refractivity contribution in [1.29, 1.82) is 0 Å². The Kier molecular flexibility index (Phi) is 4.40. The van der Waals surface area contributed by atoms with Crippen LogP contribution in [-0.2, 0) is 0 Å². The second kappa shape index (κ2) is 6.28. The van der Waals surface area contributed by atoms with Crippen molar-refractivity contribution < 1.29 is 4.79 Å². The van der Waals surface area contributed by atoms with Crippen LogP contribution in [0.25, 0.3) is 0 Å². The first kappa shape index (κ1) is 14.7. The summed E-state index contributed by atoms with van der Waals surface area (Å²) < 4.78 is 1.45. The molecule has 106 valence electrons. The summed E-state index contributed by atoms with van der Waals surface area (Å²) >= 11 is 15.1. The maximum absolute atomic E-state index is 11.0. The van der Waals surface area contributed by atoms with Gasteiger partial charge in [0.2, 0.25) is 0 Å². The van der Waals surface area contributed by atoms with Gasteiger partial charge in [-0.05, 0) is 36.4 Å². The highest BCUT2D eigenvalue weighted by molar-refractivity contribution is 7.17. The minimum atomic E-state index is -0.0556. The van der Waals surface area contributed by atoms with Gasteiger partial charge in [0.1, 0.15) is 5.69 Å². The third-order valence-corrected chi connectivity index (χ3v) is 5.56.